The van der Waals surface area contributed by atoms with E-state index in [-0.39, 0.29) is 5.41 Å². The van der Waals surface area contributed by atoms with Crippen molar-refractivity contribution in [1.29, 1.82) is 0 Å². The molecule has 0 bridgehead atoms. The third-order valence-corrected chi connectivity index (χ3v) is 3.64. The molecule has 0 heteroatoms. The van der Waals surface area contributed by atoms with Crippen LogP contribution in [0.15, 0.2) is 71.4 Å². The fourth-order valence-corrected chi connectivity index (χ4v) is 2.72. The van der Waals surface area contributed by atoms with Gasteiger partial charge in [0.15, 0.2) is 0 Å². The second-order valence-electron chi connectivity index (χ2n) is 5.28. The number of hydrogen-bond donors (Lipinski definition) is 0. The van der Waals surface area contributed by atoms with Crippen LogP contribution in [-0.4, -0.2) is 0 Å². The molecule has 0 saturated heterocycles. The Labute approximate surface area is 118 Å². The Hall–Kier alpha value is -1.56. The Morgan fingerprint density at radius 1 is 1.16 bits per heavy atom. The first-order valence-corrected chi connectivity index (χ1v) is 7.08. The molecule has 1 aliphatic rings. The molecule has 1 rings (SSSR count). The average molecular weight is 254 g/mol. The molecule has 19 heavy (non-hydrogen) atoms. The van der Waals surface area contributed by atoms with Gasteiger partial charge in [0, 0.05) is 5.41 Å². The fraction of sp³-hybridized carbons (Fsp3) is 0.368. The van der Waals surface area contributed by atoms with Gasteiger partial charge in [0.1, 0.15) is 0 Å². The molecule has 0 N–H and O–H groups in total. The van der Waals surface area contributed by atoms with Gasteiger partial charge in [0.25, 0.3) is 0 Å². The molecular weight excluding hydrogens is 228 g/mol. The quantitative estimate of drug-likeness (QED) is 0.584. The second-order valence-corrected chi connectivity index (χ2v) is 5.28. The zero-order valence-electron chi connectivity index (χ0n) is 13.0. The molecular formula is C19H26. The van der Waals surface area contributed by atoms with E-state index in [1.807, 2.05) is 6.08 Å². The van der Waals surface area contributed by atoms with Crippen LogP contribution in [0, 0.1) is 5.41 Å². The molecule has 0 amide bonds. The number of rotatable bonds is 4. The van der Waals surface area contributed by atoms with Crippen molar-refractivity contribution in [3.63, 3.8) is 0 Å². The van der Waals surface area contributed by atoms with Crippen LogP contribution in [0.5, 0.6) is 0 Å². The average Bonchev–Trinajstić information content (AvgIpc) is 2.57. The lowest BCUT2D eigenvalue weighted by Crippen LogP contribution is -2.12. The smallest absolute Gasteiger partial charge is 0.0158 e. The first-order valence-electron chi connectivity index (χ1n) is 7.08. The molecule has 102 valence electrons. The first kappa shape index (κ1) is 15.5. The molecule has 0 saturated carbocycles. The predicted molar refractivity (Wildman–Crippen MR) is 87.1 cm³/mol. The first-order chi connectivity index (χ1) is 9.04. The summed E-state index contributed by atoms with van der Waals surface area (Å²) >= 11 is 0. The lowest BCUT2D eigenvalue weighted by molar-refractivity contribution is 0.578. The van der Waals surface area contributed by atoms with Crippen LogP contribution in [0.4, 0.5) is 0 Å². The topological polar surface area (TPSA) is 0 Å². The summed E-state index contributed by atoms with van der Waals surface area (Å²) in [6.45, 7) is 14.8. The van der Waals surface area contributed by atoms with Crippen molar-refractivity contribution in [2.75, 3.05) is 0 Å². The van der Waals surface area contributed by atoms with Crippen LogP contribution in [-0.2, 0) is 0 Å². The Morgan fingerprint density at radius 2 is 1.84 bits per heavy atom. The summed E-state index contributed by atoms with van der Waals surface area (Å²) in [4.78, 5) is 0. The van der Waals surface area contributed by atoms with E-state index >= 15 is 0 Å². The maximum Gasteiger partial charge on any atom is 0.0158 e. The van der Waals surface area contributed by atoms with Crippen LogP contribution in [0.2, 0.25) is 0 Å². The summed E-state index contributed by atoms with van der Waals surface area (Å²) in [5.41, 5.74) is 5.46. The largest absolute Gasteiger partial charge is 0.0991 e. The molecule has 1 aliphatic carbocycles. The fourth-order valence-electron chi connectivity index (χ4n) is 2.72. The third kappa shape index (κ3) is 2.89. The van der Waals surface area contributed by atoms with Crippen LogP contribution in [0.3, 0.4) is 0 Å². The van der Waals surface area contributed by atoms with Crippen molar-refractivity contribution < 1.29 is 0 Å². The molecule has 0 fully saturated rings. The van der Waals surface area contributed by atoms with E-state index in [1.165, 1.54) is 22.3 Å². The molecule has 0 unspecified atom stereocenters. The van der Waals surface area contributed by atoms with Gasteiger partial charge in [0.2, 0.25) is 0 Å². The summed E-state index contributed by atoms with van der Waals surface area (Å²) in [6.07, 6.45) is 16.2. The number of hydrogen-bond acceptors (Lipinski definition) is 0. The second kappa shape index (κ2) is 6.56. The molecule has 0 atom stereocenters. The highest BCUT2D eigenvalue weighted by molar-refractivity contribution is 5.68. The van der Waals surface area contributed by atoms with Gasteiger partial charge in [-0.05, 0) is 42.6 Å². The standard InChI is InChI=1S/C19H26/c1-7-11-14-18-16(12-8-2)15(10-4)17(13-9-3)19(18,5)6/h8-14H,3,7H2,1-2,4-6H3/b12-8-,14-11-,15-10-,17-13+. The maximum atomic E-state index is 3.86. The molecule has 0 heterocycles. The molecule has 0 aromatic rings. The van der Waals surface area contributed by atoms with Gasteiger partial charge in [-0.1, -0.05) is 69.9 Å². The summed E-state index contributed by atoms with van der Waals surface area (Å²) in [6, 6.07) is 0. The minimum absolute atomic E-state index is 0.0382. The van der Waals surface area contributed by atoms with Crippen LogP contribution < -0.4 is 0 Å². The zero-order chi connectivity index (χ0) is 14.5. The SMILES string of the molecule is C=C/C=C1\C(=C/C)C(/C=C\C)=C(/C=C\CC)C1(C)C. The van der Waals surface area contributed by atoms with Gasteiger partial charge in [0.05, 0.1) is 0 Å². The van der Waals surface area contributed by atoms with Gasteiger partial charge in [-0.3, -0.25) is 0 Å². The Morgan fingerprint density at radius 3 is 2.32 bits per heavy atom. The van der Waals surface area contributed by atoms with Crippen molar-refractivity contribution in [2.24, 2.45) is 5.41 Å². The van der Waals surface area contributed by atoms with E-state index in [9.17, 15) is 0 Å². The van der Waals surface area contributed by atoms with E-state index < -0.39 is 0 Å². The van der Waals surface area contributed by atoms with Gasteiger partial charge in [-0.2, -0.15) is 0 Å². The van der Waals surface area contributed by atoms with Crippen molar-refractivity contribution in [1.82, 2.24) is 0 Å². The summed E-state index contributed by atoms with van der Waals surface area (Å²) in [5.74, 6) is 0. The van der Waals surface area contributed by atoms with Crippen molar-refractivity contribution in [3.05, 3.63) is 71.4 Å². The van der Waals surface area contributed by atoms with Crippen molar-refractivity contribution >= 4 is 0 Å². The van der Waals surface area contributed by atoms with E-state index in [0.29, 0.717) is 0 Å². The minimum Gasteiger partial charge on any atom is -0.0991 e. The zero-order valence-corrected chi connectivity index (χ0v) is 13.0. The lowest BCUT2D eigenvalue weighted by atomic mass is 9.80. The predicted octanol–water partition coefficient (Wildman–Crippen LogP) is 5.92. The van der Waals surface area contributed by atoms with Gasteiger partial charge in [-0.15, -0.1) is 0 Å². The van der Waals surface area contributed by atoms with Crippen LogP contribution in [0.1, 0.15) is 41.0 Å². The highest BCUT2D eigenvalue weighted by Crippen LogP contribution is 2.50. The Kier molecular flexibility index (Phi) is 5.35. The molecule has 0 spiro atoms. The van der Waals surface area contributed by atoms with Gasteiger partial charge >= 0.3 is 0 Å². The maximum absolute atomic E-state index is 3.86. The third-order valence-electron chi connectivity index (χ3n) is 3.64. The number of allylic oxidation sites excluding steroid dienone is 11. The minimum atomic E-state index is 0.0382. The summed E-state index contributed by atoms with van der Waals surface area (Å²) in [5, 5.41) is 0. The molecule has 0 radical (unpaired) electrons. The normalized spacial score (nSPS) is 23.4. The lowest BCUT2D eigenvalue weighted by Gasteiger charge is -2.23. The molecule has 0 aliphatic heterocycles. The van der Waals surface area contributed by atoms with Gasteiger partial charge < -0.3 is 0 Å². The van der Waals surface area contributed by atoms with Crippen molar-refractivity contribution in [2.45, 2.75) is 41.0 Å². The monoisotopic (exact) mass is 254 g/mol. The summed E-state index contributed by atoms with van der Waals surface area (Å²) in [7, 11) is 0. The Bertz CT molecular complexity index is 488. The van der Waals surface area contributed by atoms with E-state index in [1.54, 1.807) is 0 Å². The molecule has 0 aromatic carbocycles. The molecule has 0 aromatic heterocycles. The van der Waals surface area contributed by atoms with Crippen molar-refractivity contribution in [3.8, 4) is 0 Å². The van der Waals surface area contributed by atoms with E-state index in [2.05, 4.69) is 77.7 Å². The van der Waals surface area contributed by atoms with E-state index in [0.717, 1.165) is 6.42 Å². The van der Waals surface area contributed by atoms with Crippen LogP contribution in [0.25, 0.3) is 0 Å². The summed E-state index contributed by atoms with van der Waals surface area (Å²) < 4.78 is 0. The van der Waals surface area contributed by atoms with Crippen LogP contribution >= 0.6 is 0 Å². The van der Waals surface area contributed by atoms with E-state index in [4.69, 9.17) is 0 Å². The highest BCUT2D eigenvalue weighted by atomic mass is 14.4. The highest BCUT2D eigenvalue weighted by Gasteiger charge is 2.37. The Balaban J connectivity index is 3.55. The molecule has 0 nitrogen and oxygen atoms in total. The van der Waals surface area contributed by atoms with Gasteiger partial charge in [-0.25, -0.2) is 0 Å².